The van der Waals surface area contributed by atoms with Gasteiger partial charge in [0.05, 0.1) is 6.20 Å². The maximum absolute atomic E-state index is 12.7. The van der Waals surface area contributed by atoms with E-state index in [-0.39, 0.29) is 11.9 Å². The number of amides is 1. The van der Waals surface area contributed by atoms with Crippen molar-refractivity contribution in [1.29, 1.82) is 0 Å². The van der Waals surface area contributed by atoms with Gasteiger partial charge in [0.2, 0.25) is 0 Å². The molecule has 7 heteroatoms. The molecule has 3 saturated heterocycles. The molecule has 3 fully saturated rings. The number of aromatic nitrogens is 1. The van der Waals surface area contributed by atoms with Crippen LogP contribution >= 0.6 is 0 Å². The lowest BCUT2D eigenvalue weighted by molar-refractivity contribution is 0.0904. The Labute approximate surface area is 159 Å². The Kier molecular flexibility index (Phi) is 4.28. The van der Waals surface area contributed by atoms with Gasteiger partial charge in [0.25, 0.3) is 5.91 Å². The number of carbonyl (C=O) groups excluding carboxylic acids is 1. The highest BCUT2D eigenvalue weighted by atomic mass is 16.4. The molecule has 3 aliphatic heterocycles. The molecule has 144 valence electrons. The van der Waals surface area contributed by atoms with Crippen LogP contribution in [0.4, 0.5) is 5.88 Å². The van der Waals surface area contributed by atoms with Crippen LogP contribution in [-0.2, 0) is 0 Å². The fourth-order valence-corrected chi connectivity index (χ4v) is 4.66. The van der Waals surface area contributed by atoms with Crippen LogP contribution in [0.1, 0.15) is 23.3 Å². The number of likely N-dealkylation sites (N-methyl/N-ethyl adjacent to an activating group) is 1. The van der Waals surface area contributed by atoms with E-state index in [1.165, 1.54) is 19.5 Å². The third-order valence-electron chi connectivity index (χ3n) is 6.24. The topological polar surface area (TPSA) is 64.8 Å². The monoisotopic (exact) mass is 369 g/mol. The Morgan fingerprint density at radius 2 is 2.04 bits per heavy atom. The Morgan fingerprint density at radius 3 is 2.85 bits per heavy atom. The van der Waals surface area contributed by atoms with Crippen LogP contribution in [-0.4, -0.2) is 79.6 Å². The van der Waals surface area contributed by atoms with Gasteiger partial charge in [0.15, 0.2) is 11.5 Å². The molecule has 0 spiro atoms. The smallest absolute Gasteiger partial charge is 0.270 e. The van der Waals surface area contributed by atoms with Gasteiger partial charge < -0.3 is 24.4 Å². The zero-order valence-electron chi connectivity index (χ0n) is 15.9. The molecule has 3 aliphatic rings. The fraction of sp³-hybridized carbons (Fsp3) is 0.600. The molecule has 27 heavy (non-hydrogen) atoms. The van der Waals surface area contributed by atoms with Crippen molar-refractivity contribution in [2.45, 2.75) is 18.9 Å². The largest absolute Gasteiger partial charge is 0.439 e. The third kappa shape index (κ3) is 3.41. The number of carbonyl (C=O) groups is 1. The molecule has 2 aromatic heterocycles. The summed E-state index contributed by atoms with van der Waals surface area (Å²) in [7, 11) is 2.14. The molecule has 0 aliphatic carbocycles. The lowest BCUT2D eigenvalue weighted by Gasteiger charge is -2.32. The van der Waals surface area contributed by atoms with Gasteiger partial charge in [0, 0.05) is 56.8 Å². The summed E-state index contributed by atoms with van der Waals surface area (Å²) >= 11 is 0. The van der Waals surface area contributed by atoms with Gasteiger partial charge in [-0.2, -0.15) is 0 Å². The minimum atomic E-state index is -0.0771. The molecular weight excluding hydrogens is 342 g/mol. The number of hydrogen-bond donors (Lipinski definition) is 1. The number of pyridine rings is 1. The van der Waals surface area contributed by atoms with Crippen molar-refractivity contribution in [3.8, 4) is 0 Å². The first-order valence-corrected chi connectivity index (χ1v) is 10.0. The van der Waals surface area contributed by atoms with E-state index in [4.69, 9.17) is 4.42 Å². The average Bonchev–Trinajstić information content (AvgIpc) is 3.24. The first-order valence-electron chi connectivity index (χ1n) is 10.0. The number of piperidine rings is 1. The Morgan fingerprint density at radius 1 is 1.19 bits per heavy atom. The molecule has 1 amide bonds. The van der Waals surface area contributed by atoms with E-state index in [0.717, 1.165) is 61.9 Å². The van der Waals surface area contributed by atoms with Crippen LogP contribution < -0.4 is 10.2 Å². The Bertz CT molecular complexity index is 830. The Balaban J connectivity index is 1.29. The fourth-order valence-electron chi connectivity index (χ4n) is 4.66. The minimum Gasteiger partial charge on any atom is -0.439 e. The normalized spacial score (nSPS) is 28.6. The molecule has 3 atom stereocenters. The number of fused-ring (bicyclic) bond motifs is 3. The number of furan rings is 1. The van der Waals surface area contributed by atoms with E-state index in [2.05, 4.69) is 32.0 Å². The maximum Gasteiger partial charge on any atom is 0.270 e. The van der Waals surface area contributed by atoms with Gasteiger partial charge in [0.1, 0.15) is 5.69 Å². The molecule has 0 saturated carbocycles. The van der Waals surface area contributed by atoms with Gasteiger partial charge in [-0.3, -0.25) is 4.79 Å². The minimum absolute atomic E-state index is 0.0771. The van der Waals surface area contributed by atoms with E-state index >= 15 is 0 Å². The second-order valence-corrected chi connectivity index (χ2v) is 8.30. The average molecular weight is 369 g/mol. The summed E-state index contributed by atoms with van der Waals surface area (Å²) in [5.74, 6) is 1.53. The predicted octanol–water partition coefficient (Wildman–Crippen LogP) is 1.40. The molecule has 1 N–H and O–H groups in total. The van der Waals surface area contributed by atoms with Gasteiger partial charge >= 0.3 is 0 Å². The number of rotatable bonds is 3. The summed E-state index contributed by atoms with van der Waals surface area (Å²) < 4.78 is 5.97. The van der Waals surface area contributed by atoms with Crippen molar-refractivity contribution < 1.29 is 9.21 Å². The number of hydrogen-bond acceptors (Lipinski definition) is 6. The molecular formula is C20H27N5O2. The van der Waals surface area contributed by atoms with Crippen LogP contribution in [0.3, 0.4) is 0 Å². The highest BCUT2D eigenvalue weighted by molar-refractivity contribution is 5.96. The van der Waals surface area contributed by atoms with E-state index in [0.29, 0.717) is 5.69 Å². The molecule has 5 rings (SSSR count). The van der Waals surface area contributed by atoms with Crippen LogP contribution in [0.25, 0.3) is 11.0 Å². The molecule has 2 aromatic rings. The van der Waals surface area contributed by atoms with Crippen molar-refractivity contribution in [1.82, 2.24) is 20.1 Å². The molecule has 7 nitrogen and oxygen atoms in total. The van der Waals surface area contributed by atoms with Crippen molar-refractivity contribution in [3.63, 3.8) is 0 Å². The summed E-state index contributed by atoms with van der Waals surface area (Å²) in [6, 6.07) is 4.12. The van der Waals surface area contributed by atoms with Crippen molar-refractivity contribution in [2.75, 3.05) is 57.8 Å². The number of nitrogens with one attached hydrogen (secondary N) is 1. The van der Waals surface area contributed by atoms with Crippen LogP contribution in [0.5, 0.6) is 0 Å². The Hall–Kier alpha value is -2.12. The molecule has 0 aromatic carbocycles. The van der Waals surface area contributed by atoms with Gasteiger partial charge in [-0.1, -0.05) is 0 Å². The zero-order valence-corrected chi connectivity index (χ0v) is 15.9. The van der Waals surface area contributed by atoms with Crippen LogP contribution in [0.15, 0.2) is 22.7 Å². The molecule has 0 radical (unpaired) electrons. The molecule has 2 bridgehead atoms. The third-order valence-corrected chi connectivity index (χ3v) is 6.24. The highest BCUT2D eigenvalue weighted by Crippen LogP contribution is 2.28. The molecule has 5 heterocycles. The van der Waals surface area contributed by atoms with Crippen molar-refractivity contribution in [3.05, 3.63) is 24.0 Å². The standard InChI is InChI=1S/C20H27N5O2/c1-23-4-6-25(7-5-23)19-10-15-9-17(21-11-18(15)27-19)20(26)22-16-8-14-2-3-24(12-14)13-16/h9-11,14,16H,2-8,12-13H2,1H3,(H,22,26)/t14-,16-/m1/s1. The summed E-state index contributed by atoms with van der Waals surface area (Å²) in [5.41, 5.74) is 1.21. The van der Waals surface area contributed by atoms with Gasteiger partial charge in [-0.25, -0.2) is 4.98 Å². The quantitative estimate of drug-likeness (QED) is 0.882. The van der Waals surface area contributed by atoms with Crippen molar-refractivity contribution in [2.24, 2.45) is 5.92 Å². The first kappa shape index (κ1) is 17.0. The SMILES string of the molecule is CN1CCN(c2cc3cc(C(=O)N[C@@H]4C[C@H]5CCN(C5)C4)ncc3o2)CC1. The van der Waals surface area contributed by atoms with Gasteiger partial charge in [-0.05, 0) is 38.4 Å². The number of anilines is 1. The predicted molar refractivity (Wildman–Crippen MR) is 104 cm³/mol. The lowest BCUT2D eigenvalue weighted by Crippen LogP contribution is -2.47. The molecule has 1 unspecified atom stereocenters. The number of nitrogens with zero attached hydrogens (tertiary/aromatic N) is 4. The van der Waals surface area contributed by atoms with Crippen LogP contribution in [0, 0.1) is 5.92 Å². The van der Waals surface area contributed by atoms with E-state index in [1.807, 2.05) is 12.1 Å². The van der Waals surface area contributed by atoms with Crippen LogP contribution in [0.2, 0.25) is 0 Å². The van der Waals surface area contributed by atoms with Crippen molar-refractivity contribution >= 4 is 22.8 Å². The second kappa shape index (κ2) is 6.80. The van der Waals surface area contributed by atoms with E-state index < -0.39 is 0 Å². The number of piperazine rings is 1. The first-order chi connectivity index (χ1) is 13.1. The summed E-state index contributed by atoms with van der Waals surface area (Å²) in [6.07, 6.45) is 4.03. The van der Waals surface area contributed by atoms with Gasteiger partial charge in [-0.15, -0.1) is 0 Å². The zero-order chi connectivity index (χ0) is 18.4. The summed E-state index contributed by atoms with van der Waals surface area (Å²) in [6.45, 7) is 7.30. The highest BCUT2D eigenvalue weighted by Gasteiger charge is 2.33. The second-order valence-electron chi connectivity index (χ2n) is 8.30. The van der Waals surface area contributed by atoms with E-state index in [9.17, 15) is 4.79 Å². The lowest BCUT2D eigenvalue weighted by atomic mass is 9.97. The maximum atomic E-state index is 12.7. The summed E-state index contributed by atoms with van der Waals surface area (Å²) in [4.78, 5) is 24.1. The summed E-state index contributed by atoms with van der Waals surface area (Å²) in [5, 5.41) is 4.13. The van der Waals surface area contributed by atoms with E-state index in [1.54, 1.807) is 6.20 Å².